The summed E-state index contributed by atoms with van der Waals surface area (Å²) in [5, 5.41) is 11.0. The minimum absolute atomic E-state index is 0.000875. The fraction of sp³-hybridized carbons (Fsp3) is 0.467. The smallest absolute Gasteiger partial charge is 0.419 e. The predicted octanol–water partition coefficient (Wildman–Crippen LogP) is 2.84. The highest BCUT2D eigenvalue weighted by atomic mass is 19.4. The molecule has 1 atom stereocenters. The van der Waals surface area contributed by atoms with E-state index in [1.54, 1.807) is 0 Å². The van der Waals surface area contributed by atoms with E-state index < -0.39 is 35.5 Å². The molecule has 128 valence electrons. The molecule has 0 aliphatic rings. The zero-order chi connectivity index (χ0) is 17.5. The molecule has 0 bridgehead atoms. The first kappa shape index (κ1) is 18.8. The van der Waals surface area contributed by atoms with E-state index in [2.05, 4.69) is 5.32 Å². The van der Waals surface area contributed by atoms with Crippen molar-refractivity contribution in [2.24, 2.45) is 0 Å². The maximum atomic E-state index is 12.8. The van der Waals surface area contributed by atoms with Gasteiger partial charge in [-0.25, -0.2) is 0 Å². The van der Waals surface area contributed by atoms with E-state index >= 15 is 0 Å². The van der Waals surface area contributed by atoms with E-state index in [1.165, 1.54) is 19.1 Å². The summed E-state index contributed by atoms with van der Waals surface area (Å²) < 4.78 is 43.6. The second-order valence-corrected chi connectivity index (χ2v) is 4.90. The average molecular weight is 333 g/mol. The summed E-state index contributed by atoms with van der Waals surface area (Å²) in [5.74, 6) is -1.89. The number of benzene rings is 1. The van der Waals surface area contributed by atoms with Gasteiger partial charge >= 0.3 is 12.1 Å². The number of para-hydroxylation sites is 1. The first-order chi connectivity index (χ1) is 10.7. The molecule has 1 aromatic rings. The lowest BCUT2D eigenvalue weighted by Crippen LogP contribution is -2.37. The van der Waals surface area contributed by atoms with Crippen molar-refractivity contribution in [3.63, 3.8) is 0 Å². The van der Waals surface area contributed by atoms with Gasteiger partial charge in [0.05, 0.1) is 5.56 Å². The lowest BCUT2D eigenvalue weighted by Gasteiger charge is -2.18. The van der Waals surface area contributed by atoms with E-state index in [1.807, 2.05) is 0 Å². The molecular formula is C15H18F3NO4. The predicted molar refractivity (Wildman–Crippen MR) is 76.0 cm³/mol. The molecule has 2 N–H and O–H groups in total. The number of hydrogen-bond acceptors (Lipinski definition) is 3. The molecule has 1 unspecified atom stereocenters. The normalized spacial score (nSPS) is 12.5. The monoisotopic (exact) mass is 333 g/mol. The number of unbranched alkanes of at least 4 members (excludes halogenated alkanes) is 1. The molecule has 1 rings (SSSR count). The Balaban J connectivity index is 2.51. The summed E-state index contributed by atoms with van der Waals surface area (Å²) in [5.41, 5.74) is -0.943. The Labute approximate surface area is 131 Å². The van der Waals surface area contributed by atoms with Crippen LogP contribution in [0.15, 0.2) is 24.3 Å². The van der Waals surface area contributed by atoms with Crippen LogP contribution in [0.25, 0.3) is 0 Å². The first-order valence-corrected chi connectivity index (χ1v) is 7.04. The summed E-state index contributed by atoms with van der Waals surface area (Å²) >= 11 is 0. The number of aliphatic carboxylic acids is 1. The molecule has 0 aromatic heterocycles. The molecule has 1 aromatic carbocycles. The molecule has 0 saturated heterocycles. The van der Waals surface area contributed by atoms with Crippen LogP contribution in [-0.4, -0.2) is 29.6 Å². The molecule has 0 aliphatic heterocycles. The van der Waals surface area contributed by atoms with Gasteiger partial charge in [0.15, 0.2) is 6.10 Å². The van der Waals surface area contributed by atoms with Crippen molar-refractivity contribution >= 4 is 11.9 Å². The number of nitrogens with one attached hydrogen (secondary N) is 1. The molecule has 8 heteroatoms. The van der Waals surface area contributed by atoms with Gasteiger partial charge in [-0.1, -0.05) is 12.1 Å². The van der Waals surface area contributed by atoms with Gasteiger partial charge in [0, 0.05) is 13.0 Å². The van der Waals surface area contributed by atoms with Gasteiger partial charge in [-0.2, -0.15) is 13.2 Å². The minimum Gasteiger partial charge on any atom is -0.481 e. The minimum atomic E-state index is -4.57. The van der Waals surface area contributed by atoms with Crippen molar-refractivity contribution < 1.29 is 32.6 Å². The van der Waals surface area contributed by atoms with Crippen molar-refractivity contribution in [2.45, 2.75) is 38.5 Å². The van der Waals surface area contributed by atoms with Crippen molar-refractivity contribution in [3.8, 4) is 5.75 Å². The van der Waals surface area contributed by atoms with Crippen molar-refractivity contribution in [1.29, 1.82) is 0 Å². The van der Waals surface area contributed by atoms with Gasteiger partial charge in [-0.15, -0.1) is 0 Å². The number of alkyl halides is 3. The lowest BCUT2D eigenvalue weighted by atomic mass is 10.2. The van der Waals surface area contributed by atoms with Crippen LogP contribution in [-0.2, 0) is 15.8 Å². The van der Waals surface area contributed by atoms with E-state index in [0.717, 1.165) is 12.1 Å². The summed E-state index contributed by atoms with van der Waals surface area (Å²) in [6.45, 7) is 1.58. The first-order valence-electron chi connectivity index (χ1n) is 7.04. The summed E-state index contributed by atoms with van der Waals surface area (Å²) in [6, 6.07) is 4.66. The highest BCUT2D eigenvalue weighted by Crippen LogP contribution is 2.36. The zero-order valence-electron chi connectivity index (χ0n) is 12.5. The fourth-order valence-electron chi connectivity index (χ4n) is 1.80. The number of hydrogen-bond donors (Lipinski definition) is 2. The topological polar surface area (TPSA) is 75.6 Å². The third kappa shape index (κ3) is 6.58. The molecule has 23 heavy (non-hydrogen) atoms. The second kappa shape index (κ2) is 8.40. The maximum Gasteiger partial charge on any atom is 0.419 e. The summed E-state index contributed by atoms with van der Waals surface area (Å²) in [4.78, 5) is 22.1. The number of halogens is 3. The van der Waals surface area contributed by atoms with Crippen LogP contribution < -0.4 is 10.1 Å². The van der Waals surface area contributed by atoms with E-state index in [9.17, 15) is 22.8 Å². The third-order valence-corrected chi connectivity index (χ3v) is 2.98. The molecule has 0 spiro atoms. The van der Waals surface area contributed by atoms with Crippen LogP contribution in [0.3, 0.4) is 0 Å². The van der Waals surface area contributed by atoms with Gasteiger partial charge < -0.3 is 15.2 Å². The van der Waals surface area contributed by atoms with Gasteiger partial charge in [0.25, 0.3) is 5.91 Å². The van der Waals surface area contributed by atoms with Crippen LogP contribution in [0.4, 0.5) is 13.2 Å². The SMILES string of the molecule is CC(Oc1ccccc1C(F)(F)F)C(=O)NCCCCC(=O)O. The maximum absolute atomic E-state index is 12.8. The molecule has 0 heterocycles. The highest BCUT2D eigenvalue weighted by molar-refractivity contribution is 5.80. The van der Waals surface area contributed by atoms with Crippen LogP contribution in [0.5, 0.6) is 5.75 Å². The number of carbonyl (C=O) groups is 2. The zero-order valence-corrected chi connectivity index (χ0v) is 12.5. The highest BCUT2D eigenvalue weighted by Gasteiger charge is 2.34. The van der Waals surface area contributed by atoms with Gasteiger partial charge in [0.1, 0.15) is 5.75 Å². The molecular weight excluding hydrogens is 315 g/mol. The van der Waals surface area contributed by atoms with E-state index in [4.69, 9.17) is 9.84 Å². The molecule has 0 saturated carbocycles. The fourth-order valence-corrected chi connectivity index (χ4v) is 1.80. The van der Waals surface area contributed by atoms with Crippen molar-refractivity contribution in [1.82, 2.24) is 5.32 Å². The summed E-state index contributed by atoms with van der Waals surface area (Å²) in [7, 11) is 0. The van der Waals surface area contributed by atoms with Gasteiger partial charge in [-0.3, -0.25) is 9.59 Å². The van der Waals surface area contributed by atoms with Crippen molar-refractivity contribution in [2.75, 3.05) is 6.54 Å². The Morgan fingerprint density at radius 1 is 1.26 bits per heavy atom. The Hall–Kier alpha value is -2.25. The number of amides is 1. The molecule has 0 fully saturated rings. The molecule has 5 nitrogen and oxygen atoms in total. The largest absolute Gasteiger partial charge is 0.481 e. The lowest BCUT2D eigenvalue weighted by molar-refractivity contribution is -0.140. The van der Waals surface area contributed by atoms with E-state index in [0.29, 0.717) is 12.8 Å². The molecule has 0 radical (unpaired) electrons. The quantitative estimate of drug-likeness (QED) is 0.717. The number of rotatable bonds is 8. The standard InChI is InChI=1S/C15H18F3NO4/c1-10(14(22)19-9-5-4-8-13(20)21)23-12-7-3-2-6-11(12)15(16,17)18/h2-3,6-7,10H,4-5,8-9H2,1H3,(H,19,22)(H,20,21). The van der Waals surface area contributed by atoms with E-state index in [-0.39, 0.29) is 13.0 Å². The Bertz CT molecular complexity index is 546. The Kier molecular flexibility index (Phi) is 6.87. The number of carbonyl (C=O) groups excluding carboxylic acids is 1. The van der Waals surface area contributed by atoms with Crippen LogP contribution in [0, 0.1) is 0 Å². The number of carboxylic acids is 1. The number of carboxylic acid groups (broad SMARTS) is 1. The second-order valence-electron chi connectivity index (χ2n) is 4.90. The third-order valence-electron chi connectivity index (χ3n) is 2.98. The summed E-state index contributed by atoms with van der Waals surface area (Å²) in [6.07, 6.45) is -4.80. The Morgan fingerprint density at radius 2 is 1.91 bits per heavy atom. The van der Waals surface area contributed by atoms with Crippen LogP contribution >= 0.6 is 0 Å². The van der Waals surface area contributed by atoms with Gasteiger partial charge in [0.2, 0.25) is 0 Å². The molecule has 0 aliphatic carbocycles. The van der Waals surface area contributed by atoms with Crippen LogP contribution in [0.1, 0.15) is 31.7 Å². The van der Waals surface area contributed by atoms with Gasteiger partial charge in [-0.05, 0) is 31.9 Å². The Morgan fingerprint density at radius 3 is 2.52 bits per heavy atom. The van der Waals surface area contributed by atoms with Crippen molar-refractivity contribution in [3.05, 3.63) is 29.8 Å². The number of ether oxygens (including phenoxy) is 1. The molecule has 1 amide bonds. The average Bonchev–Trinajstić information content (AvgIpc) is 2.45. The van der Waals surface area contributed by atoms with Crippen LogP contribution in [0.2, 0.25) is 0 Å².